The van der Waals surface area contributed by atoms with Gasteiger partial charge in [0.25, 0.3) is 0 Å². The maximum absolute atomic E-state index is 6.76. The first-order valence-corrected chi connectivity index (χ1v) is 2.60. The van der Waals surface area contributed by atoms with E-state index in [9.17, 15) is 0 Å². The van der Waals surface area contributed by atoms with Crippen molar-refractivity contribution >= 4 is 33.1 Å². The molecule has 0 spiro atoms. The van der Waals surface area contributed by atoms with E-state index in [1.54, 1.807) is 0 Å². The van der Waals surface area contributed by atoms with Crippen LogP contribution < -0.4 is 0 Å². The van der Waals surface area contributed by atoms with Gasteiger partial charge in [0.05, 0.1) is 0 Å². The lowest BCUT2D eigenvalue weighted by molar-refractivity contribution is 4.51. The van der Waals surface area contributed by atoms with Crippen LogP contribution >= 0.6 is 27.2 Å². The summed E-state index contributed by atoms with van der Waals surface area (Å²) in [6.07, 6.45) is 0. The van der Waals surface area contributed by atoms with E-state index in [4.69, 9.17) is 3.84 Å². The van der Waals surface area contributed by atoms with Crippen LogP contribution in [0.1, 0.15) is 0 Å². The highest BCUT2D eigenvalue weighted by molar-refractivity contribution is 8.17. The molecule has 0 bridgehead atoms. The maximum atomic E-state index is 6.76. The zero-order valence-electron chi connectivity index (χ0n) is 5.08. The Balaban J connectivity index is 2.99. The minimum atomic E-state index is 0.0486. The quantitative estimate of drug-likeness (QED) is 0.374. The van der Waals surface area contributed by atoms with Crippen molar-refractivity contribution in [2.75, 3.05) is 0 Å². The standard InChI is InChI=1S/BH6P3/c2-1(3)4/h2-4H2/i2T,3T,4T. The SMILES string of the molecule is [3H]PB(P[3H])P[3H]. The minimum Gasteiger partial charge on any atom is -0.161 e. The van der Waals surface area contributed by atoms with Crippen LogP contribution in [-0.2, 0) is 0 Å². The van der Waals surface area contributed by atoms with Crippen LogP contribution in [0.5, 0.6) is 0 Å². The van der Waals surface area contributed by atoms with Gasteiger partial charge in [0.15, 0.2) is 0 Å². The summed E-state index contributed by atoms with van der Waals surface area (Å²) in [5.41, 5.74) is 0. The monoisotopic (exact) mass is 116 g/mol. The lowest BCUT2D eigenvalue weighted by Gasteiger charge is -1.72. The third kappa shape index (κ3) is 10.1. The molecule has 4 heteroatoms. The highest BCUT2D eigenvalue weighted by atomic mass is 31.1. The number of rotatable bonds is 3. The minimum absolute atomic E-state index is 0.0486. The summed E-state index contributed by atoms with van der Waals surface area (Å²) < 4.78 is 20.3. The summed E-state index contributed by atoms with van der Waals surface area (Å²) in [5, 5.41) is 0. The van der Waals surface area contributed by atoms with Gasteiger partial charge >= 0.3 is 0 Å². The molecule has 24 valence electrons. The first-order valence-electron chi connectivity index (χ1n) is 2.37. The zero-order valence-corrected chi connectivity index (χ0v) is 5.08. The van der Waals surface area contributed by atoms with Crippen molar-refractivity contribution in [3.63, 3.8) is 0 Å². The smallest absolute Gasteiger partial charge is 0.161 e. The molecule has 0 amide bonds. The summed E-state index contributed by atoms with van der Waals surface area (Å²) in [6.45, 7) is 0. The Morgan fingerprint density at radius 2 is 2.00 bits per heavy atom. The predicted molar refractivity (Wildman–Crippen MR) is 34.9 cm³/mol. The predicted octanol–water partition coefficient (Wildman–Crippen LogP) is 0.597. The van der Waals surface area contributed by atoms with E-state index in [1.807, 2.05) is 0 Å². The van der Waals surface area contributed by atoms with Gasteiger partial charge < -0.3 is 0 Å². The van der Waals surface area contributed by atoms with Gasteiger partial charge in [0.1, 0.15) is 0 Å². The van der Waals surface area contributed by atoms with E-state index in [2.05, 4.69) is 0 Å². The molecule has 0 rings (SSSR count). The molecular formula is H6BP3. The molecule has 0 aliphatic heterocycles. The zero-order chi connectivity index (χ0) is 5.70. The van der Waals surface area contributed by atoms with E-state index >= 15 is 0 Å². The van der Waals surface area contributed by atoms with E-state index < -0.39 is 0 Å². The van der Waals surface area contributed by atoms with Crippen LogP contribution in [0.25, 0.3) is 0 Å². The molecule has 0 radical (unpaired) electrons. The van der Waals surface area contributed by atoms with Gasteiger partial charge in [-0.25, -0.2) is 0 Å². The molecule has 0 aliphatic carbocycles. The summed E-state index contributed by atoms with van der Waals surface area (Å²) in [7, 11) is 0.146. The van der Waals surface area contributed by atoms with Gasteiger partial charge in [-0.2, -0.15) is 27.2 Å². The topological polar surface area (TPSA) is 0 Å². The summed E-state index contributed by atoms with van der Waals surface area (Å²) >= 11 is 0. The third-order valence-corrected chi connectivity index (χ3v) is 0. The Kier molecular flexibility index (Phi) is 1.21. The molecule has 0 heterocycles. The molecule has 0 aromatic rings. The highest BCUT2D eigenvalue weighted by Crippen LogP contribution is 2.08. The fraction of sp³-hybridized carbons (Fsp3) is 0. The lowest BCUT2D eigenvalue weighted by atomic mass is 10.7. The van der Waals surface area contributed by atoms with Gasteiger partial charge in [0.2, 0.25) is 5.87 Å². The second kappa shape index (κ2) is 2.58. The Hall–Kier alpha value is 1.35. The second-order valence-electron chi connectivity index (χ2n) is 0.433. The summed E-state index contributed by atoms with van der Waals surface area (Å²) in [4.78, 5) is 0. The largest absolute Gasteiger partial charge is 0.209 e. The molecule has 0 saturated heterocycles. The van der Waals surface area contributed by atoms with E-state index in [1.165, 1.54) is 0 Å². The normalized spacial score (nSPS) is 25.5. The molecule has 0 N–H and O–H groups in total. The van der Waals surface area contributed by atoms with E-state index in [-0.39, 0.29) is 33.1 Å². The molecule has 0 aliphatic rings. The van der Waals surface area contributed by atoms with Crippen LogP contribution in [0.4, 0.5) is 0 Å². The van der Waals surface area contributed by atoms with Crippen LogP contribution in [0.15, 0.2) is 0 Å². The average Bonchev–Trinajstić information content (AvgIpc) is 1.72. The molecule has 3 unspecified atom stereocenters. The Bertz CT molecular complexity index is 31.7. The molecule has 0 aromatic heterocycles. The Labute approximate surface area is 37.9 Å². The molecule has 0 aromatic carbocycles. The summed E-state index contributed by atoms with van der Waals surface area (Å²) in [5.74, 6) is 0.0694. The molecule has 3 atom stereocenters. The van der Waals surface area contributed by atoms with Crippen LogP contribution in [-0.4, -0.2) is 9.71 Å². The maximum Gasteiger partial charge on any atom is 0.209 e. The van der Waals surface area contributed by atoms with E-state index in [0.717, 1.165) is 0 Å². The van der Waals surface area contributed by atoms with Gasteiger partial charge in [-0.1, -0.05) is 0 Å². The van der Waals surface area contributed by atoms with Crippen molar-refractivity contribution in [1.82, 2.24) is 0 Å². The first kappa shape index (κ1) is 1.88. The van der Waals surface area contributed by atoms with Gasteiger partial charge in [-0.3, -0.25) is 0 Å². The number of hydrogen-bond donors (Lipinski definition) is 0. The van der Waals surface area contributed by atoms with Crippen molar-refractivity contribution in [3.8, 4) is 0 Å². The van der Waals surface area contributed by atoms with Gasteiger partial charge in [-0.05, 0) is 0 Å². The third-order valence-electron chi connectivity index (χ3n) is 0. The summed E-state index contributed by atoms with van der Waals surface area (Å²) in [6, 6.07) is 0. The van der Waals surface area contributed by atoms with Crippen molar-refractivity contribution in [2.45, 2.75) is 0 Å². The lowest BCUT2D eigenvalue weighted by Crippen LogP contribution is -1.60. The Morgan fingerprint density at radius 3 is 2.00 bits per heavy atom. The van der Waals surface area contributed by atoms with Crippen LogP contribution in [0.3, 0.4) is 0 Å². The average molecular weight is 116 g/mol. The highest BCUT2D eigenvalue weighted by Gasteiger charge is 1.77. The van der Waals surface area contributed by atoms with Gasteiger partial charge in [0, 0.05) is 3.84 Å². The molecule has 4 heavy (non-hydrogen) atoms. The van der Waals surface area contributed by atoms with Crippen molar-refractivity contribution in [3.05, 3.63) is 0 Å². The first-order chi connectivity index (χ1) is 3.35. The van der Waals surface area contributed by atoms with Crippen LogP contribution in [0, 0.1) is 0 Å². The van der Waals surface area contributed by atoms with Gasteiger partial charge in [-0.15, -0.1) is 0 Å². The molecule has 0 fully saturated rings. The van der Waals surface area contributed by atoms with Crippen LogP contribution in [0.2, 0.25) is 0 Å². The molecular weight excluding hydrogens is 104 g/mol. The fourth-order valence-corrected chi connectivity index (χ4v) is 0. The molecule has 0 nitrogen and oxygen atoms in total. The van der Waals surface area contributed by atoms with Crippen molar-refractivity contribution in [2.24, 2.45) is 0 Å². The van der Waals surface area contributed by atoms with E-state index in [0.29, 0.717) is 0 Å². The number of hydrogen-bond acceptors (Lipinski definition) is 0. The van der Waals surface area contributed by atoms with Crippen molar-refractivity contribution in [1.29, 1.82) is 3.84 Å². The fourth-order valence-electron chi connectivity index (χ4n) is 0. The molecule has 0 saturated carbocycles. The second-order valence-corrected chi connectivity index (χ2v) is 3.90. The van der Waals surface area contributed by atoms with Crippen molar-refractivity contribution < 1.29 is 0 Å². The Morgan fingerprint density at radius 1 is 1.50 bits per heavy atom.